The van der Waals surface area contributed by atoms with Crippen LogP contribution in [0.4, 0.5) is 5.69 Å². The van der Waals surface area contributed by atoms with Crippen molar-refractivity contribution in [2.75, 3.05) is 5.32 Å². The summed E-state index contributed by atoms with van der Waals surface area (Å²) >= 11 is 9.62. The number of hydrogen-bond donors (Lipinski definition) is 1. The quantitative estimate of drug-likeness (QED) is 0.727. The van der Waals surface area contributed by atoms with Crippen LogP contribution in [-0.4, -0.2) is 9.38 Å². The van der Waals surface area contributed by atoms with Crippen LogP contribution in [0.2, 0.25) is 5.15 Å². The van der Waals surface area contributed by atoms with Crippen LogP contribution in [-0.2, 0) is 0 Å². The molecule has 0 aliphatic carbocycles. The first-order valence-electron chi connectivity index (χ1n) is 5.46. The molecule has 0 spiro atoms. The molecule has 1 atom stereocenters. The topological polar surface area (TPSA) is 29.3 Å². The van der Waals surface area contributed by atoms with E-state index in [2.05, 4.69) is 26.8 Å². The Balaban J connectivity index is 1.82. The van der Waals surface area contributed by atoms with Crippen LogP contribution in [0.25, 0.3) is 4.96 Å². The lowest BCUT2D eigenvalue weighted by Crippen LogP contribution is -2.04. The minimum atomic E-state index is 0.125. The second-order valence-electron chi connectivity index (χ2n) is 3.98. The van der Waals surface area contributed by atoms with E-state index < -0.39 is 0 Å². The molecule has 1 N–H and O–H groups in total. The van der Waals surface area contributed by atoms with Gasteiger partial charge in [-0.3, -0.25) is 4.40 Å². The molecule has 90 valence electrons. The van der Waals surface area contributed by atoms with Crippen molar-refractivity contribution in [3.8, 4) is 0 Å². The third kappa shape index (κ3) is 1.48. The molecule has 0 bridgehead atoms. The maximum absolute atomic E-state index is 6.25. The number of rotatable bonds is 1. The van der Waals surface area contributed by atoms with Crippen LogP contribution in [0.5, 0.6) is 0 Å². The molecule has 0 saturated heterocycles. The van der Waals surface area contributed by atoms with Crippen LogP contribution >= 0.6 is 34.7 Å². The zero-order valence-corrected chi connectivity index (χ0v) is 11.5. The van der Waals surface area contributed by atoms with Gasteiger partial charge in [-0.1, -0.05) is 35.5 Å². The predicted octanol–water partition coefficient (Wildman–Crippen LogP) is 4.27. The molecular formula is C12H8ClN3S2. The van der Waals surface area contributed by atoms with Gasteiger partial charge in [0, 0.05) is 22.2 Å². The number of para-hydroxylation sites is 1. The molecule has 0 amide bonds. The fraction of sp³-hybridized carbons (Fsp3) is 0.0833. The fourth-order valence-electron chi connectivity index (χ4n) is 2.12. The van der Waals surface area contributed by atoms with Crippen molar-refractivity contribution in [1.82, 2.24) is 9.38 Å². The largest absolute Gasteiger partial charge is 0.367 e. The van der Waals surface area contributed by atoms with Gasteiger partial charge in [0.1, 0.15) is 5.37 Å². The van der Waals surface area contributed by atoms with Gasteiger partial charge in [-0.05, 0) is 12.1 Å². The van der Waals surface area contributed by atoms with Gasteiger partial charge < -0.3 is 5.32 Å². The number of nitrogens with zero attached hydrogens (tertiary/aromatic N) is 2. The number of aromatic nitrogens is 2. The third-order valence-corrected chi connectivity index (χ3v) is 5.14. The highest BCUT2D eigenvalue weighted by Crippen LogP contribution is 2.47. The molecule has 3 aromatic rings. The molecule has 1 aromatic carbocycles. The summed E-state index contributed by atoms with van der Waals surface area (Å²) in [6.07, 6.45) is 2.01. The molecule has 3 nitrogen and oxygen atoms in total. The van der Waals surface area contributed by atoms with Crippen molar-refractivity contribution in [3.05, 3.63) is 46.7 Å². The molecule has 1 aliphatic rings. The van der Waals surface area contributed by atoms with Crippen LogP contribution in [0, 0.1) is 0 Å². The molecule has 1 unspecified atom stereocenters. The minimum Gasteiger partial charge on any atom is -0.367 e. The summed E-state index contributed by atoms with van der Waals surface area (Å²) < 4.78 is 2.06. The number of anilines is 1. The Morgan fingerprint density at radius 1 is 1.33 bits per heavy atom. The first-order valence-corrected chi connectivity index (χ1v) is 7.60. The summed E-state index contributed by atoms with van der Waals surface area (Å²) in [6.45, 7) is 0. The van der Waals surface area contributed by atoms with Gasteiger partial charge in [0.05, 0.1) is 5.69 Å². The van der Waals surface area contributed by atoms with E-state index in [0.717, 1.165) is 16.3 Å². The standard InChI is InChI=1S/C12H8ClN3S2/c13-10-9(16-5-6-17-12(16)15-10)11-14-7-3-1-2-4-8(7)18-11/h1-6,11,14H. The molecule has 3 heterocycles. The first-order chi connectivity index (χ1) is 8.83. The Morgan fingerprint density at radius 3 is 3.11 bits per heavy atom. The summed E-state index contributed by atoms with van der Waals surface area (Å²) in [7, 11) is 0. The second kappa shape index (κ2) is 3.91. The van der Waals surface area contributed by atoms with E-state index in [1.807, 2.05) is 23.7 Å². The lowest BCUT2D eigenvalue weighted by molar-refractivity contribution is 1.00. The monoisotopic (exact) mass is 293 g/mol. The van der Waals surface area contributed by atoms with E-state index in [9.17, 15) is 0 Å². The van der Waals surface area contributed by atoms with Crippen LogP contribution in [0.1, 0.15) is 11.1 Å². The second-order valence-corrected chi connectivity index (χ2v) is 6.36. The molecule has 0 fully saturated rings. The maximum Gasteiger partial charge on any atom is 0.195 e. The number of benzene rings is 1. The Bertz CT molecular complexity index is 709. The van der Waals surface area contributed by atoms with Crippen LogP contribution < -0.4 is 5.32 Å². The Kier molecular flexibility index (Phi) is 2.33. The molecule has 4 rings (SSSR count). The highest BCUT2D eigenvalue weighted by atomic mass is 35.5. The number of imidazole rings is 1. The van der Waals surface area contributed by atoms with Crippen molar-refractivity contribution in [3.63, 3.8) is 0 Å². The molecule has 0 radical (unpaired) electrons. The lowest BCUT2D eigenvalue weighted by Gasteiger charge is -2.09. The number of halogens is 1. The van der Waals surface area contributed by atoms with Crippen molar-refractivity contribution in [2.45, 2.75) is 10.3 Å². The molecule has 2 aromatic heterocycles. The Morgan fingerprint density at radius 2 is 2.22 bits per heavy atom. The molecule has 18 heavy (non-hydrogen) atoms. The van der Waals surface area contributed by atoms with Crippen LogP contribution in [0.15, 0.2) is 40.7 Å². The zero-order valence-electron chi connectivity index (χ0n) is 9.13. The number of thioether (sulfide) groups is 1. The molecule has 0 saturated carbocycles. The summed E-state index contributed by atoms with van der Waals surface area (Å²) in [5.41, 5.74) is 2.18. The van der Waals surface area contributed by atoms with Gasteiger partial charge in [0.25, 0.3) is 0 Å². The highest BCUT2D eigenvalue weighted by molar-refractivity contribution is 8.00. The van der Waals surface area contributed by atoms with E-state index in [1.165, 1.54) is 4.90 Å². The molecule has 1 aliphatic heterocycles. The first kappa shape index (κ1) is 10.7. The number of fused-ring (bicyclic) bond motifs is 2. The number of hydrogen-bond acceptors (Lipinski definition) is 4. The van der Waals surface area contributed by atoms with Gasteiger partial charge in [0.15, 0.2) is 10.1 Å². The smallest absolute Gasteiger partial charge is 0.195 e. The van der Waals surface area contributed by atoms with Gasteiger partial charge >= 0.3 is 0 Å². The number of nitrogens with one attached hydrogen (secondary N) is 1. The average molecular weight is 294 g/mol. The zero-order chi connectivity index (χ0) is 12.1. The SMILES string of the molecule is Clc1nc2sccn2c1C1Nc2ccccc2S1. The Hall–Kier alpha value is -1.17. The normalized spacial score (nSPS) is 17.9. The van der Waals surface area contributed by atoms with E-state index >= 15 is 0 Å². The van der Waals surface area contributed by atoms with Gasteiger partial charge in [-0.25, -0.2) is 4.98 Å². The molecular weight excluding hydrogens is 286 g/mol. The maximum atomic E-state index is 6.25. The van der Waals surface area contributed by atoms with E-state index in [4.69, 9.17) is 11.6 Å². The van der Waals surface area contributed by atoms with Gasteiger partial charge in [0.2, 0.25) is 0 Å². The van der Waals surface area contributed by atoms with E-state index in [1.54, 1.807) is 23.1 Å². The predicted molar refractivity (Wildman–Crippen MR) is 76.7 cm³/mol. The summed E-state index contributed by atoms with van der Waals surface area (Å²) in [5, 5.41) is 6.21. The van der Waals surface area contributed by atoms with Crippen molar-refractivity contribution >= 4 is 45.3 Å². The lowest BCUT2D eigenvalue weighted by atomic mass is 10.3. The average Bonchev–Trinajstić information content (AvgIpc) is 3.00. The van der Waals surface area contributed by atoms with Gasteiger partial charge in [-0.2, -0.15) is 0 Å². The fourth-order valence-corrected chi connectivity index (χ4v) is 4.43. The van der Waals surface area contributed by atoms with Crippen molar-refractivity contribution in [1.29, 1.82) is 0 Å². The van der Waals surface area contributed by atoms with E-state index in [0.29, 0.717) is 5.15 Å². The van der Waals surface area contributed by atoms with Crippen molar-refractivity contribution in [2.24, 2.45) is 0 Å². The Labute approximate surface area is 117 Å². The van der Waals surface area contributed by atoms with Crippen molar-refractivity contribution < 1.29 is 0 Å². The summed E-state index contributed by atoms with van der Waals surface area (Å²) in [6, 6.07) is 8.29. The summed E-state index contributed by atoms with van der Waals surface area (Å²) in [4.78, 5) is 6.57. The van der Waals surface area contributed by atoms with Gasteiger partial charge in [-0.15, -0.1) is 11.3 Å². The third-order valence-electron chi connectivity index (χ3n) is 2.92. The molecule has 6 heteroatoms. The number of thiazole rings is 1. The summed E-state index contributed by atoms with van der Waals surface area (Å²) in [5.74, 6) is 0. The minimum absolute atomic E-state index is 0.125. The highest BCUT2D eigenvalue weighted by Gasteiger charge is 2.28. The van der Waals surface area contributed by atoms with E-state index in [-0.39, 0.29) is 5.37 Å². The van der Waals surface area contributed by atoms with Crippen LogP contribution in [0.3, 0.4) is 0 Å².